The van der Waals surface area contributed by atoms with Crippen LogP contribution >= 0.6 is 0 Å². The number of rotatable bonds is 6. The third-order valence-corrected chi connectivity index (χ3v) is 10.3. The Hall–Kier alpha value is -5.86. The van der Waals surface area contributed by atoms with E-state index in [0.717, 1.165) is 37.0 Å². The summed E-state index contributed by atoms with van der Waals surface area (Å²) in [4.78, 5) is 10.5. The van der Waals surface area contributed by atoms with Gasteiger partial charge in [-0.1, -0.05) is 133 Å². The van der Waals surface area contributed by atoms with Crippen LogP contribution in [-0.4, -0.2) is 11.9 Å². The molecule has 0 spiro atoms. The second-order valence-corrected chi connectivity index (χ2v) is 13.5. The van der Waals surface area contributed by atoms with Crippen LogP contribution in [0.15, 0.2) is 185 Å². The zero-order chi connectivity index (χ0) is 33.3. The Labute approximate surface area is 294 Å². The van der Waals surface area contributed by atoms with Crippen molar-refractivity contribution in [3.05, 3.63) is 197 Å². The molecule has 9 rings (SSSR count). The maximum Gasteiger partial charge on any atom is 0.0796 e. The summed E-state index contributed by atoms with van der Waals surface area (Å²) in [6, 6.07) is 48.6. The minimum absolute atomic E-state index is 0.0371. The molecule has 2 heterocycles. The van der Waals surface area contributed by atoms with Gasteiger partial charge in [-0.2, -0.15) is 0 Å². The molecule has 0 aromatic heterocycles. The largest absolute Gasteiger partial charge is 0.284 e. The van der Waals surface area contributed by atoms with Crippen molar-refractivity contribution in [1.82, 2.24) is 0 Å². The highest BCUT2D eigenvalue weighted by Crippen LogP contribution is 2.41. The third kappa shape index (κ3) is 5.88. The summed E-state index contributed by atoms with van der Waals surface area (Å²) in [5.41, 5.74) is 12.2. The van der Waals surface area contributed by atoms with Gasteiger partial charge in [0, 0.05) is 6.21 Å². The average Bonchev–Trinajstić information content (AvgIpc) is 3.21. The van der Waals surface area contributed by atoms with Gasteiger partial charge >= 0.3 is 0 Å². The molecule has 240 valence electrons. The van der Waals surface area contributed by atoms with Gasteiger partial charge in [0.05, 0.1) is 17.8 Å². The Bertz CT molecular complexity index is 2420. The SMILES string of the molecule is C1=CC(C2=CCC(c3cc(C4=CC(c5ccccc5)=NC(c5ccccc5)C4)cc(-c4cc5ccccc5c5ccccc45)c3)N=C2)=CCC1. The fourth-order valence-corrected chi connectivity index (χ4v) is 7.76. The average molecular weight is 643 g/mol. The normalized spacial score (nSPS) is 18.8. The number of nitrogens with zero attached hydrogens (tertiary/aromatic N) is 2. The van der Waals surface area contributed by atoms with Gasteiger partial charge in [0.1, 0.15) is 0 Å². The molecule has 0 saturated carbocycles. The summed E-state index contributed by atoms with van der Waals surface area (Å²) >= 11 is 0. The molecule has 50 heavy (non-hydrogen) atoms. The lowest BCUT2D eigenvalue weighted by Crippen LogP contribution is -2.11. The molecule has 6 aromatic carbocycles. The molecule has 3 aliphatic rings. The highest BCUT2D eigenvalue weighted by Gasteiger charge is 2.23. The summed E-state index contributed by atoms with van der Waals surface area (Å²) in [5, 5.41) is 5.09. The fourth-order valence-electron chi connectivity index (χ4n) is 7.76. The summed E-state index contributed by atoms with van der Waals surface area (Å²) in [6.07, 6.45) is 17.6. The Kier molecular flexibility index (Phi) is 7.99. The van der Waals surface area contributed by atoms with Gasteiger partial charge in [0.15, 0.2) is 0 Å². The van der Waals surface area contributed by atoms with Crippen LogP contribution in [-0.2, 0) is 0 Å². The number of allylic oxidation sites excluding steroid dienone is 6. The molecule has 0 amide bonds. The van der Waals surface area contributed by atoms with Crippen molar-refractivity contribution < 1.29 is 0 Å². The highest BCUT2D eigenvalue weighted by molar-refractivity contribution is 6.15. The lowest BCUT2D eigenvalue weighted by molar-refractivity contribution is 0.734. The minimum Gasteiger partial charge on any atom is -0.284 e. The first-order valence-corrected chi connectivity index (χ1v) is 17.8. The van der Waals surface area contributed by atoms with E-state index < -0.39 is 0 Å². The van der Waals surface area contributed by atoms with Crippen LogP contribution in [0.2, 0.25) is 0 Å². The number of aliphatic imine (C=N–C) groups is 2. The van der Waals surface area contributed by atoms with Crippen molar-refractivity contribution in [2.75, 3.05) is 0 Å². The van der Waals surface area contributed by atoms with E-state index in [2.05, 4.69) is 170 Å². The van der Waals surface area contributed by atoms with E-state index in [1.807, 2.05) is 0 Å². The maximum absolute atomic E-state index is 5.32. The van der Waals surface area contributed by atoms with Crippen molar-refractivity contribution in [3.8, 4) is 11.1 Å². The lowest BCUT2D eigenvalue weighted by Gasteiger charge is -2.24. The van der Waals surface area contributed by atoms with E-state index in [-0.39, 0.29) is 12.1 Å². The molecule has 0 saturated heterocycles. The van der Waals surface area contributed by atoms with E-state index >= 15 is 0 Å². The Morgan fingerprint density at radius 1 is 0.540 bits per heavy atom. The van der Waals surface area contributed by atoms with E-state index in [1.165, 1.54) is 66.1 Å². The predicted molar refractivity (Wildman–Crippen MR) is 212 cm³/mol. The number of hydrogen-bond donors (Lipinski definition) is 0. The standard InChI is InChI=1S/C48H38N2/c1-4-14-33(15-5-1)37-24-25-46(49-32-37)41-27-38(26-40(28-41)45-29-36-20-10-11-21-42(36)43-22-12-13-23-44(43)45)39-30-47(34-16-6-2-7-17-34)50-48(31-39)35-18-8-3-9-19-35/h2-4,6-24,26-30,32,46,48H,1,5,25,31H2. The lowest BCUT2D eigenvalue weighted by atomic mass is 9.85. The van der Waals surface area contributed by atoms with Crippen molar-refractivity contribution in [2.24, 2.45) is 9.98 Å². The number of dihydropyridines is 2. The minimum atomic E-state index is 0.0371. The molecule has 0 bridgehead atoms. The number of benzene rings is 6. The Morgan fingerprint density at radius 2 is 1.28 bits per heavy atom. The van der Waals surface area contributed by atoms with Crippen molar-refractivity contribution in [3.63, 3.8) is 0 Å². The first-order chi connectivity index (χ1) is 24.8. The predicted octanol–water partition coefficient (Wildman–Crippen LogP) is 12.4. The smallest absolute Gasteiger partial charge is 0.0796 e. The summed E-state index contributed by atoms with van der Waals surface area (Å²) in [5.74, 6) is 0. The molecule has 0 fully saturated rings. The molecule has 2 nitrogen and oxygen atoms in total. The van der Waals surface area contributed by atoms with E-state index in [9.17, 15) is 0 Å². The Balaban J connectivity index is 1.21. The van der Waals surface area contributed by atoms with Gasteiger partial charge in [-0.25, -0.2) is 0 Å². The van der Waals surface area contributed by atoms with Crippen molar-refractivity contribution in [2.45, 2.75) is 37.8 Å². The summed E-state index contributed by atoms with van der Waals surface area (Å²) in [7, 11) is 0. The third-order valence-electron chi connectivity index (χ3n) is 10.3. The highest BCUT2D eigenvalue weighted by atomic mass is 14.8. The van der Waals surface area contributed by atoms with Crippen LogP contribution in [0.25, 0.3) is 38.2 Å². The quantitative estimate of drug-likeness (QED) is 0.162. The van der Waals surface area contributed by atoms with Gasteiger partial charge in [-0.05, 0) is 128 Å². The topological polar surface area (TPSA) is 24.7 Å². The van der Waals surface area contributed by atoms with Crippen LogP contribution in [0.1, 0.15) is 60.0 Å². The molecule has 2 atom stereocenters. The molecule has 1 aliphatic carbocycles. The molecule has 2 aliphatic heterocycles. The van der Waals surface area contributed by atoms with Gasteiger partial charge < -0.3 is 0 Å². The second-order valence-electron chi connectivity index (χ2n) is 13.5. The van der Waals surface area contributed by atoms with Gasteiger partial charge in [0.2, 0.25) is 0 Å². The van der Waals surface area contributed by atoms with Gasteiger partial charge in [0.25, 0.3) is 0 Å². The van der Waals surface area contributed by atoms with Crippen LogP contribution in [0.3, 0.4) is 0 Å². The zero-order valence-corrected chi connectivity index (χ0v) is 28.0. The zero-order valence-electron chi connectivity index (χ0n) is 28.0. The first-order valence-electron chi connectivity index (χ1n) is 17.8. The van der Waals surface area contributed by atoms with Crippen molar-refractivity contribution >= 4 is 39.0 Å². The van der Waals surface area contributed by atoms with Crippen LogP contribution in [0.5, 0.6) is 0 Å². The van der Waals surface area contributed by atoms with Crippen molar-refractivity contribution in [1.29, 1.82) is 0 Å². The Morgan fingerprint density at radius 3 is 2.06 bits per heavy atom. The summed E-state index contributed by atoms with van der Waals surface area (Å²) < 4.78 is 0. The molecule has 0 radical (unpaired) electrons. The molecule has 0 N–H and O–H groups in total. The van der Waals surface area contributed by atoms with Crippen LogP contribution in [0, 0.1) is 0 Å². The molecule has 2 heteroatoms. The first kappa shape index (κ1) is 30.2. The second kappa shape index (κ2) is 13.2. The monoisotopic (exact) mass is 642 g/mol. The van der Waals surface area contributed by atoms with Gasteiger partial charge in [-0.3, -0.25) is 9.98 Å². The molecular weight excluding hydrogens is 605 g/mol. The molecular formula is C48H38N2. The van der Waals surface area contributed by atoms with E-state index in [1.54, 1.807) is 0 Å². The van der Waals surface area contributed by atoms with Crippen LogP contribution < -0.4 is 0 Å². The van der Waals surface area contributed by atoms with Gasteiger partial charge in [-0.15, -0.1) is 0 Å². The van der Waals surface area contributed by atoms with Crippen LogP contribution in [0.4, 0.5) is 0 Å². The summed E-state index contributed by atoms with van der Waals surface area (Å²) in [6.45, 7) is 0. The van der Waals surface area contributed by atoms with E-state index in [4.69, 9.17) is 9.98 Å². The molecule has 6 aromatic rings. The number of hydrogen-bond acceptors (Lipinski definition) is 2. The fraction of sp³-hybridized carbons (Fsp3) is 0.125. The maximum atomic E-state index is 5.32. The van der Waals surface area contributed by atoms with E-state index in [0.29, 0.717) is 0 Å². The molecule has 2 unspecified atom stereocenters. The number of fused-ring (bicyclic) bond motifs is 3.